The Hall–Kier alpha value is -0.610. The van der Waals surface area contributed by atoms with Gasteiger partial charge in [0.05, 0.1) is 6.54 Å². The van der Waals surface area contributed by atoms with E-state index in [0.717, 1.165) is 45.3 Å². The van der Waals surface area contributed by atoms with Crippen molar-refractivity contribution in [2.45, 2.75) is 44.9 Å². The van der Waals surface area contributed by atoms with Gasteiger partial charge in [0.25, 0.3) is 0 Å². The van der Waals surface area contributed by atoms with Crippen molar-refractivity contribution in [3.8, 4) is 0 Å². The Morgan fingerprint density at radius 3 is 2.39 bits per heavy atom. The molecule has 2 rings (SSSR count). The summed E-state index contributed by atoms with van der Waals surface area (Å²) < 4.78 is 0. The number of rotatable bonds is 5. The molecule has 1 heterocycles. The van der Waals surface area contributed by atoms with Crippen molar-refractivity contribution in [2.75, 3.05) is 32.8 Å². The first kappa shape index (κ1) is 13.8. The van der Waals surface area contributed by atoms with Gasteiger partial charge < -0.3 is 15.3 Å². The van der Waals surface area contributed by atoms with Gasteiger partial charge >= 0.3 is 0 Å². The summed E-state index contributed by atoms with van der Waals surface area (Å²) in [4.78, 5) is 13.9. The summed E-state index contributed by atoms with van der Waals surface area (Å²) in [5, 5.41) is 12.8. The van der Waals surface area contributed by atoms with Crippen LogP contribution in [0.5, 0.6) is 0 Å². The molecule has 104 valence electrons. The van der Waals surface area contributed by atoms with Gasteiger partial charge in [0, 0.05) is 31.7 Å². The van der Waals surface area contributed by atoms with Gasteiger partial charge in [0.15, 0.2) is 0 Å². The maximum atomic E-state index is 12.0. The molecule has 0 radical (unpaired) electrons. The second kappa shape index (κ2) is 6.53. The van der Waals surface area contributed by atoms with E-state index in [1.807, 2.05) is 4.90 Å². The summed E-state index contributed by atoms with van der Waals surface area (Å²) in [5.41, 5.74) is 0.0438. The third-order valence-electron chi connectivity index (χ3n) is 4.48. The van der Waals surface area contributed by atoms with Crippen LogP contribution >= 0.6 is 0 Å². The molecule has 0 spiro atoms. The molecule has 1 saturated heterocycles. The largest absolute Gasteiger partial charge is 0.396 e. The molecule has 0 aromatic heterocycles. The molecule has 0 atom stereocenters. The van der Waals surface area contributed by atoms with Crippen LogP contribution in [0, 0.1) is 5.41 Å². The van der Waals surface area contributed by atoms with Crippen LogP contribution in [0.25, 0.3) is 0 Å². The minimum atomic E-state index is 0.0438. The second-order valence-corrected chi connectivity index (χ2v) is 5.91. The van der Waals surface area contributed by atoms with Crippen LogP contribution in [0.4, 0.5) is 0 Å². The maximum Gasteiger partial charge on any atom is 0.236 e. The Balaban J connectivity index is 1.69. The molecule has 0 aromatic rings. The monoisotopic (exact) mass is 254 g/mol. The van der Waals surface area contributed by atoms with Crippen LogP contribution in [0.2, 0.25) is 0 Å². The number of piperidine rings is 1. The number of carbonyl (C=O) groups is 1. The Kier molecular flexibility index (Phi) is 5.01. The van der Waals surface area contributed by atoms with Crippen molar-refractivity contribution in [1.82, 2.24) is 10.2 Å². The van der Waals surface area contributed by atoms with E-state index >= 15 is 0 Å². The average Bonchev–Trinajstić information content (AvgIpc) is 2.89. The van der Waals surface area contributed by atoms with Crippen molar-refractivity contribution in [3.63, 3.8) is 0 Å². The molecule has 18 heavy (non-hydrogen) atoms. The number of aliphatic hydroxyl groups is 1. The lowest BCUT2D eigenvalue weighted by Gasteiger charge is -2.29. The zero-order valence-corrected chi connectivity index (χ0v) is 11.3. The quantitative estimate of drug-likeness (QED) is 0.773. The first-order valence-corrected chi connectivity index (χ1v) is 7.35. The van der Waals surface area contributed by atoms with E-state index < -0.39 is 0 Å². The van der Waals surface area contributed by atoms with Crippen molar-refractivity contribution >= 4 is 5.91 Å². The highest BCUT2D eigenvalue weighted by atomic mass is 16.3. The van der Waals surface area contributed by atoms with E-state index in [0.29, 0.717) is 6.54 Å². The summed E-state index contributed by atoms with van der Waals surface area (Å²) in [6, 6.07) is 0. The van der Waals surface area contributed by atoms with E-state index in [1.54, 1.807) is 0 Å². The summed E-state index contributed by atoms with van der Waals surface area (Å²) in [5.74, 6) is 0.223. The molecular weight excluding hydrogens is 228 g/mol. The molecule has 0 aromatic carbocycles. The number of carbonyl (C=O) groups excluding carboxylic acids is 1. The summed E-state index contributed by atoms with van der Waals surface area (Å²) in [6.45, 7) is 3.31. The van der Waals surface area contributed by atoms with Gasteiger partial charge in [0.2, 0.25) is 5.91 Å². The summed E-state index contributed by atoms with van der Waals surface area (Å²) in [6.07, 6.45) is 8.15. The second-order valence-electron chi connectivity index (χ2n) is 5.91. The summed E-state index contributed by atoms with van der Waals surface area (Å²) >= 11 is 0. The number of likely N-dealkylation sites (tertiary alicyclic amines) is 1. The molecule has 1 aliphatic heterocycles. The van der Waals surface area contributed by atoms with Crippen LogP contribution < -0.4 is 5.32 Å². The number of aliphatic hydroxyl groups excluding tert-OH is 1. The number of amides is 1. The molecule has 2 fully saturated rings. The lowest BCUT2D eigenvalue weighted by atomic mass is 9.87. The number of hydrogen-bond acceptors (Lipinski definition) is 3. The highest BCUT2D eigenvalue weighted by Gasteiger charge is 2.32. The van der Waals surface area contributed by atoms with Crippen molar-refractivity contribution in [2.24, 2.45) is 5.41 Å². The van der Waals surface area contributed by atoms with Gasteiger partial charge in [-0.1, -0.05) is 12.8 Å². The van der Waals surface area contributed by atoms with Gasteiger partial charge in [-0.2, -0.15) is 0 Å². The molecular formula is C14H26N2O2. The third kappa shape index (κ3) is 3.45. The van der Waals surface area contributed by atoms with Crippen LogP contribution in [-0.4, -0.2) is 48.7 Å². The summed E-state index contributed by atoms with van der Waals surface area (Å²) in [7, 11) is 0. The Labute approximate surface area is 110 Å². The lowest BCUT2D eigenvalue weighted by molar-refractivity contribution is -0.131. The van der Waals surface area contributed by atoms with Crippen molar-refractivity contribution < 1.29 is 9.90 Å². The average molecular weight is 254 g/mol. The zero-order valence-electron chi connectivity index (χ0n) is 11.3. The third-order valence-corrected chi connectivity index (χ3v) is 4.48. The molecule has 4 heteroatoms. The zero-order chi connectivity index (χ0) is 12.8. The molecule has 2 aliphatic rings. The predicted octanol–water partition coefficient (Wildman–Crippen LogP) is 1.14. The van der Waals surface area contributed by atoms with E-state index in [1.165, 1.54) is 19.3 Å². The highest BCUT2D eigenvalue weighted by molar-refractivity contribution is 5.78. The van der Waals surface area contributed by atoms with Crippen LogP contribution in [0.3, 0.4) is 0 Å². The van der Waals surface area contributed by atoms with Gasteiger partial charge in [0.1, 0.15) is 0 Å². The van der Waals surface area contributed by atoms with Crippen LogP contribution in [-0.2, 0) is 4.79 Å². The maximum absolute atomic E-state index is 12.0. The minimum absolute atomic E-state index is 0.0438. The fourth-order valence-electron chi connectivity index (χ4n) is 3.21. The van der Waals surface area contributed by atoms with Gasteiger partial charge in [-0.05, 0) is 32.1 Å². The van der Waals surface area contributed by atoms with Crippen molar-refractivity contribution in [3.05, 3.63) is 0 Å². The first-order valence-electron chi connectivity index (χ1n) is 7.35. The van der Waals surface area contributed by atoms with E-state index in [-0.39, 0.29) is 17.9 Å². The number of hydrogen-bond donors (Lipinski definition) is 2. The Bertz CT molecular complexity index is 269. The van der Waals surface area contributed by atoms with Gasteiger partial charge in [-0.15, -0.1) is 0 Å². The fraction of sp³-hybridized carbons (Fsp3) is 0.929. The molecule has 1 amide bonds. The molecule has 4 nitrogen and oxygen atoms in total. The molecule has 1 aliphatic carbocycles. The van der Waals surface area contributed by atoms with Gasteiger partial charge in [-0.3, -0.25) is 4.79 Å². The predicted molar refractivity (Wildman–Crippen MR) is 71.3 cm³/mol. The Morgan fingerprint density at radius 2 is 1.78 bits per heavy atom. The van der Waals surface area contributed by atoms with Crippen molar-refractivity contribution in [1.29, 1.82) is 0 Å². The van der Waals surface area contributed by atoms with E-state index in [2.05, 4.69) is 5.32 Å². The molecule has 2 N–H and O–H groups in total. The van der Waals surface area contributed by atoms with E-state index in [9.17, 15) is 9.90 Å². The SMILES string of the molecule is O=C(CNCC1(CO)CCCC1)N1CCCCC1. The van der Waals surface area contributed by atoms with Crippen LogP contribution in [0.15, 0.2) is 0 Å². The first-order chi connectivity index (χ1) is 8.76. The number of nitrogens with zero attached hydrogens (tertiary/aromatic N) is 1. The molecule has 0 unspecified atom stereocenters. The lowest BCUT2D eigenvalue weighted by Crippen LogP contribution is -2.44. The normalized spacial score (nSPS) is 23.3. The minimum Gasteiger partial charge on any atom is -0.396 e. The highest BCUT2D eigenvalue weighted by Crippen LogP contribution is 2.36. The standard InChI is InChI=1S/C14H26N2O2/c17-12-14(6-2-3-7-14)11-15-10-13(18)16-8-4-1-5-9-16/h15,17H,1-12H2. The van der Waals surface area contributed by atoms with Gasteiger partial charge in [-0.25, -0.2) is 0 Å². The molecule has 1 saturated carbocycles. The fourth-order valence-corrected chi connectivity index (χ4v) is 3.21. The number of nitrogens with one attached hydrogen (secondary N) is 1. The Morgan fingerprint density at radius 1 is 1.11 bits per heavy atom. The smallest absolute Gasteiger partial charge is 0.236 e. The van der Waals surface area contributed by atoms with Crippen LogP contribution in [0.1, 0.15) is 44.9 Å². The van der Waals surface area contributed by atoms with E-state index in [4.69, 9.17) is 0 Å². The molecule has 0 bridgehead atoms. The topological polar surface area (TPSA) is 52.6 Å².